The molecule has 35 heavy (non-hydrogen) atoms. The van der Waals surface area contributed by atoms with Crippen LogP contribution in [0.4, 0.5) is 0 Å². The predicted octanol–water partition coefficient (Wildman–Crippen LogP) is 2.77. The number of nitriles is 1. The Labute approximate surface area is 206 Å². The minimum Gasteiger partial charge on any atom is -0.497 e. The maximum atomic E-state index is 13.4. The molecule has 0 unspecified atom stereocenters. The molecule has 1 heterocycles. The van der Waals surface area contributed by atoms with Gasteiger partial charge < -0.3 is 10.1 Å². The quantitative estimate of drug-likeness (QED) is 0.440. The van der Waals surface area contributed by atoms with Crippen molar-refractivity contribution in [2.45, 2.75) is 6.42 Å². The van der Waals surface area contributed by atoms with E-state index in [-0.39, 0.29) is 11.1 Å². The minimum absolute atomic E-state index is 0.0987. The molecule has 7 heteroatoms. The summed E-state index contributed by atoms with van der Waals surface area (Å²) in [5.41, 5.74) is 2.08. The number of thiazole rings is 1. The number of methoxy groups -OCH3 is 1. The topological polar surface area (TPSA) is 84.1 Å². The van der Waals surface area contributed by atoms with Crippen molar-refractivity contribution in [3.8, 4) is 17.5 Å². The number of hydrogen-bond donors (Lipinski definition) is 1. The Morgan fingerprint density at radius 2 is 1.69 bits per heavy atom. The molecule has 0 aliphatic carbocycles. The van der Waals surface area contributed by atoms with Crippen LogP contribution in [0.5, 0.6) is 5.75 Å². The van der Waals surface area contributed by atoms with Crippen LogP contribution in [0.2, 0.25) is 0 Å². The number of nitrogens with one attached hydrogen (secondary N) is 1. The standard InChI is InChI=1S/C28H23N3O3S/c1-34-23-14-12-21(13-15-23)18-25-27(33)31(22-10-6-3-7-11-22)28(35-25)24(19-29)26(32)30-17-16-20-8-4-2-5-9-20/h2-15,18H,16-17H2,1H3,(H,30,32). The summed E-state index contributed by atoms with van der Waals surface area (Å²) in [5.74, 6) is 0.202. The molecule has 0 atom stereocenters. The molecule has 0 aliphatic rings. The summed E-state index contributed by atoms with van der Waals surface area (Å²) in [6.07, 6.45) is 2.38. The number of para-hydroxylation sites is 1. The van der Waals surface area contributed by atoms with Crippen LogP contribution in [-0.4, -0.2) is 24.1 Å². The molecule has 0 saturated heterocycles. The fraction of sp³-hybridized carbons (Fsp3) is 0.107. The molecule has 6 nitrogen and oxygen atoms in total. The molecule has 1 N–H and O–H groups in total. The maximum Gasteiger partial charge on any atom is 0.273 e. The van der Waals surface area contributed by atoms with E-state index in [4.69, 9.17) is 4.74 Å². The normalized spacial score (nSPS) is 12.1. The Balaban J connectivity index is 1.78. The first kappa shape index (κ1) is 23.7. The Kier molecular flexibility index (Phi) is 7.56. The van der Waals surface area contributed by atoms with Crippen LogP contribution in [-0.2, 0) is 11.2 Å². The Morgan fingerprint density at radius 3 is 2.31 bits per heavy atom. The molecule has 0 spiro atoms. The summed E-state index contributed by atoms with van der Waals surface area (Å²) in [4.78, 5) is 26.4. The van der Waals surface area contributed by atoms with Crippen molar-refractivity contribution in [3.05, 3.63) is 116 Å². The molecule has 4 rings (SSSR count). The summed E-state index contributed by atoms with van der Waals surface area (Å²) in [6.45, 7) is 0.375. The van der Waals surface area contributed by atoms with Gasteiger partial charge >= 0.3 is 0 Å². The molecular weight excluding hydrogens is 458 g/mol. The Hall–Kier alpha value is -4.41. The van der Waals surface area contributed by atoms with Crippen molar-refractivity contribution in [1.82, 2.24) is 9.88 Å². The van der Waals surface area contributed by atoms with Gasteiger partial charge in [0.1, 0.15) is 16.5 Å². The molecule has 0 fully saturated rings. The molecule has 1 amide bonds. The molecular formula is C28H23N3O3S. The smallest absolute Gasteiger partial charge is 0.273 e. The zero-order valence-electron chi connectivity index (χ0n) is 19.1. The molecule has 0 aliphatic heterocycles. The lowest BCUT2D eigenvalue weighted by atomic mass is 10.1. The van der Waals surface area contributed by atoms with E-state index in [2.05, 4.69) is 5.32 Å². The SMILES string of the molecule is COc1ccc(C=c2sc(=C(C#N)C(=O)NCCc3ccccc3)n(-c3ccccc3)c2=O)cc1. The van der Waals surface area contributed by atoms with Crippen LogP contribution in [0, 0.1) is 11.3 Å². The summed E-state index contributed by atoms with van der Waals surface area (Å²) >= 11 is 1.12. The lowest BCUT2D eigenvalue weighted by Crippen LogP contribution is -2.34. The van der Waals surface area contributed by atoms with Crippen molar-refractivity contribution in [2.24, 2.45) is 0 Å². The van der Waals surface area contributed by atoms with Crippen molar-refractivity contribution in [2.75, 3.05) is 13.7 Å². The lowest BCUT2D eigenvalue weighted by molar-refractivity contribution is -0.115. The van der Waals surface area contributed by atoms with E-state index < -0.39 is 5.91 Å². The fourth-order valence-electron chi connectivity index (χ4n) is 3.56. The van der Waals surface area contributed by atoms with Crippen LogP contribution in [0.15, 0.2) is 89.7 Å². The zero-order valence-corrected chi connectivity index (χ0v) is 19.9. The number of nitrogens with zero attached hydrogens (tertiary/aromatic N) is 2. The average molecular weight is 482 g/mol. The highest BCUT2D eigenvalue weighted by atomic mass is 32.1. The minimum atomic E-state index is -0.509. The summed E-state index contributed by atoms with van der Waals surface area (Å²) in [5, 5.41) is 12.7. The van der Waals surface area contributed by atoms with E-state index in [0.717, 1.165) is 22.5 Å². The number of carbonyl (C=O) groups is 1. The number of ether oxygens (including phenoxy) is 1. The highest BCUT2D eigenvalue weighted by Gasteiger charge is 2.16. The van der Waals surface area contributed by atoms with Gasteiger partial charge in [0.15, 0.2) is 5.57 Å². The second-order valence-corrected chi connectivity index (χ2v) is 8.67. The Morgan fingerprint density at radius 1 is 1.03 bits per heavy atom. The van der Waals surface area contributed by atoms with Gasteiger partial charge in [-0.1, -0.05) is 60.7 Å². The summed E-state index contributed by atoms with van der Waals surface area (Å²) in [7, 11) is 1.59. The number of carbonyl (C=O) groups excluding carboxylic acids is 1. The van der Waals surface area contributed by atoms with Gasteiger partial charge in [-0.2, -0.15) is 5.26 Å². The zero-order chi connectivity index (χ0) is 24.6. The third kappa shape index (κ3) is 5.57. The molecule has 0 radical (unpaired) electrons. The van der Waals surface area contributed by atoms with Crippen molar-refractivity contribution in [1.29, 1.82) is 5.26 Å². The van der Waals surface area contributed by atoms with Crippen molar-refractivity contribution < 1.29 is 9.53 Å². The van der Waals surface area contributed by atoms with Gasteiger partial charge in [-0.15, -0.1) is 11.3 Å². The highest BCUT2D eigenvalue weighted by molar-refractivity contribution is 7.07. The number of rotatable bonds is 7. The van der Waals surface area contributed by atoms with E-state index >= 15 is 0 Å². The third-order valence-corrected chi connectivity index (χ3v) is 6.44. The summed E-state index contributed by atoms with van der Waals surface area (Å²) < 4.78 is 7.33. The van der Waals surface area contributed by atoms with Crippen LogP contribution in [0.1, 0.15) is 11.1 Å². The van der Waals surface area contributed by atoms with Gasteiger partial charge in [0, 0.05) is 6.54 Å². The second-order valence-electron chi connectivity index (χ2n) is 7.64. The van der Waals surface area contributed by atoms with E-state index in [1.54, 1.807) is 25.3 Å². The van der Waals surface area contributed by atoms with E-state index in [9.17, 15) is 14.9 Å². The largest absolute Gasteiger partial charge is 0.497 e. The van der Waals surface area contributed by atoms with E-state index in [0.29, 0.717) is 33.6 Å². The van der Waals surface area contributed by atoms with Gasteiger partial charge in [-0.25, -0.2) is 0 Å². The van der Waals surface area contributed by atoms with Gasteiger partial charge in [-0.05, 0) is 47.9 Å². The highest BCUT2D eigenvalue weighted by Crippen LogP contribution is 2.11. The first-order chi connectivity index (χ1) is 17.1. The number of aromatic nitrogens is 1. The Bertz CT molecular complexity index is 1530. The second kappa shape index (κ2) is 11.1. The van der Waals surface area contributed by atoms with Crippen LogP contribution < -0.4 is 24.8 Å². The van der Waals surface area contributed by atoms with Crippen LogP contribution >= 0.6 is 11.3 Å². The fourth-order valence-corrected chi connectivity index (χ4v) is 4.66. The molecule has 174 valence electrons. The molecule has 3 aromatic carbocycles. The first-order valence-electron chi connectivity index (χ1n) is 11.0. The predicted molar refractivity (Wildman–Crippen MR) is 138 cm³/mol. The van der Waals surface area contributed by atoms with E-state index in [1.807, 2.05) is 78.9 Å². The van der Waals surface area contributed by atoms with Gasteiger partial charge in [0.25, 0.3) is 11.5 Å². The van der Waals surface area contributed by atoms with Crippen molar-refractivity contribution in [3.63, 3.8) is 0 Å². The third-order valence-electron chi connectivity index (χ3n) is 5.35. The molecule has 4 aromatic rings. The first-order valence-corrected chi connectivity index (χ1v) is 11.8. The monoisotopic (exact) mass is 481 g/mol. The number of amides is 1. The van der Waals surface area contributed by atoms with Crippen LogP contribution in [0.25, 0.3) is 17.3 Å². The van der Waals surface area contributed by atoms with E-state index in [1.165, 1.54) is 4.57 Å². The number of hydrogen-bond acceptors (Lipinski definition) is 5. The molecule has 1 aromatic heterocycles. The van der Waals surface area contributed by atoms with Crippen molar-refractivity contribution >= 4 is 28.9 Å². The van der Waals surface area contributed by atoms with Gasteiger partial charge in [0.05, 0.1) is 17.3 Å². The lowest BCUT2D eigenvalue weighted by Gasteiger charge is -2.06. The number of benzene rings is 3. The molecule has 0 saturated carbocycles. The average Bonchev–Trinajstić information content (AvgIpc) is 3.21. The van der Waals surface area contributed by atoms with Gasteiger partial charge in [0.2, 0.25) is 0 Å². The maximum absolute atomic E-state index is 13.4. The van der Waals surface area contributed by atoms with Gasteiger partial charge in [-0.3, -0.25) is 14.2 Å². The van der Waals surface area contributed by atoms with Crippen LogP contribution in [0.3, 0.4) is 0 Å². The summed E-state index contributed by atoms with van der Waals surface area (Å²) in [6, 6.07) is 28.1. The molecule has 0 bridgehead atoms.